The first-order valence-corrected chi connectivity index (χ1v) is 7.95. The summed E-state index contributed by atoms with van der Waals surface area (Å²) < 4.78 is 4.24. The molecule has 0 saturated carbocycles. The molecule has 116 valence electrons. The number of piperidine rings is 1. The molecule has 1 aliphatic heterocycles. The summed E-state index contributed by atoms with van der Waals surface area (Å²) in [5.74, 6) is -0.483. The van der Waals surface area contributed by atoms with Crippen LogP contribution in [0.3, 0.4) is 0 Å². The van der Waals surface area contributed by atoms with Crippen LogP contribution in [0.1, 0.15) is 41.7 Å². The number of rotatable bonds is 5. The lowest BCUT2D eigenvalue weighted by Gasteiger charge is -2.32. The Labute approximate surface area is 128 Å². The van der Waals surface area contributed by atoms with Gasteiger partial charge in [-0.3, -0.25) is 9.59 Å². The number of anilines is 1. The van der Waals surface area contributed by atoms with Gasteiger partial charge in [-0.05, 0) is 43.6 Å². The van der Waals surface area contributed by atoms with E-state index in [1.807, 2.05) is 11.8 Å². The number of likely N-dealkylation sites (tertiary alicyclic amines) is 1. The summed E-state index contributed by atoms with van der Waals surface area (Å²) in [4.78, 5) is 25.2. The molecule has 0 radical (unpaired) electrons. The summed E-state index contributed by atoms with van der Waals surface area (Å²) in [6.07, 6.45) is 2.74. The van der Waals surface area contributed by atoms with Gasteiger partial charge in [0.25, 0.3) is 5.91 Å². The highest BCUT2D eigenvalue weighted by molar-refractivity contribution is 7.10. The van der Waals surface area contributed by atoms with E-state index in [0.717, 1.165) is 30.1 Å². The van der Waals surface area contributed by atoms with Crippen LogP contribution < -0.4 is 5.32 Å². The van der Waals surface area contributed by atoms with Crippen LogP contribution in [-0.2, 0) is 4.79 Å². The molecule has 7 heteroatoms. The summed E-state index contributed by atoms with van der Waals surface area (Å²) in [6.45, 7) is 3.22. The van der Waals surface area contributed by atoms with Gasteiger partial charge in [0.15, 0.2) is 0 Å². The largest absolute Gasteiger partial charge is 0.481 e. The summed E-state index contributed by atoms with van der Waals surface area (Å²) in [5, 5.41) is 12.6. The van der Waals surface area contributed by atoms with Crippen LogP contribution in [-0.4, -0.2) is 46.4 Å². The molecular weight excluding hydrogens is 290 g/mol. The van der Waals surface area contributed by atoms with Gasteiger partial charge in [0.2, 0.25) is 0 Å². The zero-order chi connectivity index (χ0) is 15.4. The topological polar surface area (TPSA) is 82.5 Å². The number of amides is 1. The Hall–Kier alpha value is -1.63. The molecule has 2 N–H and O–H groups in total. The average molecular weight is 311 g/mol. The molecule has 1 fully saturated rings. The highest BCUT2D eigenvalue weighted by Crippen LogP contribution is 2.28. The number of carboxylic acid groups (broad SMARTS) is 1. The molecule has 1 unspecified atom stereocenters. The van der Waals surface area contributed by atoms with E-state index in [1.165, 1.54) is 11.5 Å². The maximum absolute atomic E-state index is 12.7. The minimum absolute atomic E-state index is 0.00521. The number of carboxylic acids is 1. The number of carbonyl (C=O) groups excluding carboxylic acids is 1. The fraction of sp³-hybridized carbons (Fsp3) is 0.643. The van der Waals surface area contributed by atoms with Crippen molar-refractivity contribution in [2.45, 2.75) is 32.6 Å². The predicted molar refractivity (Wildman–Crippen MR) is 81.9 cm³/mol. The second kappa shape index (κ2) is 6.89. The minimum Gasteiger partial charge on any atom is -0.481 e. The third-order valence-electron chi connectivity index (χ3n) is 3.88. The minimum atomic E-state index is -0.770. The smallest absolute Gasteiger partial charge is 0.303 e. The SMILES string of the molecule is CNc1snc(C)c1C(=O)N1CCCC(CCC(=O)O)C1. The van der Waals surface area contributed by atoms with Crippen molar-refractivity contribution >= 4 is 28.4 Å². The Morgan fingerprint density at radius 3 is 2.95 bits per heavy atom. The second-order valence-electron chi connectivity index (χ2n) is 5.41. The van der Waals surface area contributed by atoms with Crippen LogP contribution in [0.15, 0.2) is 0 Å². The summed E-state index contributed by atoms with van der Waals surface area (Å²) >= 11 is 1.30. The van der Waals surface area contributed by atoms with E-state index < -0.39 is 5.97 Å². The molecule has 0 aromatic carbocycles. The molecule has 1 aromatic heterocycles. The highest BCUT2D eigenvalue weighted by atomic mass is 32.1. The maximum Gasteiger partial charge on any atom is 0.303 e. The fourth-order valence-electron chi connectivity index (χ4n) is 2.76. The van der Waals surface area contributed by atoms with Crippen molar-refractivity contribution in [1.82, 2.24) is 9.27 Å². The fourth-order valence-corrected chi connectivity index (χ4v) is 3.50. The molecule has 2 heterocycles. The molecule has 0 spiro atoms. The van der Waals surface area contributed by atoms with Crippen LogP contribution in [0.5, 0.6) is 0 Å². The molecule has 0 aliphatic carbocycles. The Kier molecular flexibility index (Phi) is 5.17. The lowest BCUT2D eigenvalue weighted by Crippen LogP contribution is -2.40. The number of nitrogens with zero attached hydrogens (tertiary/aromatic N) is 2. The van der Waals surface area contributed by atoms with E-state index in [-0.39, 0.29) is 18.2 Å². The van der Waals surface area contributed by atoms with Gasteiger partial charge >= 0.3 is 5.97 Å². The first kappa shape index (κ1) is 15.8. The van der Waals surface area contributed by atoms with E-state index in [1.54, 1.807) is 7.05 Å². The van der Waals surface area contributed by atoms with Crippen molar-refractivity contribution in [3.8, 4) is 0 Å². The van der Waals surface area contributed by atoms with Crippen molar-refractivity contribution in [3.63, 3.8) is 0 Å². The Bertz CT molecular complexity index is 530. The predicted octanol–water partition coefficient (Wildman–Crippen LogP) is 2.21. The number of aliphatic carboxylic acids is 1. The number of nitrogens with one attached hydrogen (secondary N) is 1. The van der Waals surface area contributed by atoms with Gasteiger partial charge in [0.1, 0.15) is 5.00 Å². The van der Waals surface area contributed by atoms with E-state index in [9.17, 15) is 9.59 Å². The number of aryl methyl sites for hydroxylation is 1. The van der Waals surface area contributed by atoms with Gasteiger partial charge in [-0.2, -0.15) is 4.37 Å². The number of hydrogen-bond acceptors (Lipinski definition) is 5. The van der Waals surface area contributed by atoms with Gasteiger partial charge in [-0.15, -0.1) is 0 Å². The monoisotopic (exact) mass is 311 g/mol. The molecule has 21 heavy (non-hydrogen) atoms. The molecule has 0 bridgehead atoms. The zero-order valence-corrected chi connectivity index (χ0v) is 13.2. The lowest BCUT2D eigenvalue weighted by molar-refractivity contribution is -0.137. The third-order valence-corrected chi connectivity index (χ3v) is 4.83. The van der Waals surface area contributed by atoms with E-state index >= 15 is 0 Å². The Balaban J connectivity index is 2.05. The average Bonchev–Trinajstić information content (AvgIpc) is 2.85. The van der Waals surface area contributed by atoms with Crippen LogP contribution in [0.25, 0.3) is 0 Å². The molecule has 2 rings (SSSR count). The van der Waals surface area contributed by atoms with Crippen molar-refractivity contribution in [2.24, 2.45) is 5.92 Å². The second-order valence-corrected chi connectivity index (χ2v) is 6.19. The Morgan fingerprint density at radius 2 is 2.29 bits per heavy atom. The standard InChI is InChI=1S/C14H21N3O3S/c1-9-12(13(15-2)21-16-9)14(20)17-7-3-4-10(8-17)5-6-11(18)19/h10,15H,3-8H2,1-2H3,(H,18,19). The highest BCUT2D eigenvalue weighted by Gasteiger charge is 2.28. The summed E-state index contributed by atoms with van der Waals surface area (Å²) in [6, 6.07) is 0. The van der Waals surface area contributed by atoms with Gasteiger partial charge < -0.3 is 15.3 Å². The quantitative estimate of drug-likeness (QED) is 0.871. The van der Waals surface area contributed by atoms with E-state index in [4.69, 9.17) is 5.11 Å². The van der Waals surface area contributed by atoms with Crippen LogP contribution in [0.2, 0.25) is 0 Å². The van der Waals surface area contributed by atoms with Crippen LogP contribution >= 0.6 is 11.5 Å². The van der Waals surface area contributed by atoms with Crippen molar-refractivity contribution in [3.05, 3.63) is 11.3 Å². The lowest BCUT2D eigenvalue weighted by atomic mass is 9.93. The number of aromatic nitrogens is 1. The molecule has 1 saturated heterocycles. The third kappa shape index (κ3) is 3.72. The first-order valence-electron chi connectivity index (χ1n) is 7.18. The molecule has 1 atom stereocenters. The molecule has 1 amide bonds. The van der Waals surface area contributed by atoms with Gasteiger partial charge in [-0.1, -0.05) is 0 Å². The normalized spacial score (nSPS) is 18.6. The van der Waals surface area contributed by atoms with Crippen LogP contribution in [0.4, 0.5) is 5.00 Å². The van der Waals surface area contributed by atoms with Gasteiger partial charge in [0, 0.05) is 26.6 Å². The summed E-state index contributed by atoms with van der Waals surface area (Å²) in [5.41, 5.74) is 1.41. The zero-order valence-electron chi connectivity index (χ0n) is 12.4. The maximum atomic E-state index is 12.7. The molecule has 1 aromatic rings. The van der Waals surface area contributed by atoms with E-state index in [2.05, 4.69) is 9.69 Å². The molecule has 1 aliphatic rings. The number of carbonyl (C=O) groups is 2. The van der Waals surface area contributed by atoms with Gasteiger partial charge in [0.05, 0.1) is 11.3 Å². The van der Waals surface area contributed by atoms with Crippen molar-refractivity contribution in [1.29, 1.82) is 0 Å². The molecule has 6 nitrogen and oxygen atoms in total. The summed E-state index contributed by atoms with van der Waals surface area (Å²) in [7, 11) is 1.79. The Morgan fingerprint density at radius 1 is 1.52 bits per heavy atom. The van der Waals surface area contributed by atoms with Gasteiger partial charge in [-0.25, -0.2) is 0 Å². The molecular formula is C14H21N3O3S. The van der Waals surface area contributed by atoms with Crippen LogP contribution in [0, 0.1) is 12.8 Å². The number of hydrogen-bond donors (Lipinski definition) is 2. The first-order chi connectivity index (χ1) is 10.0. The van der Waals surface area contributed by atoms with Crippen molar-refractivity contribution < 1.29 is 14.7 Å². The van der Waals surface area contributed by atoms with Crippen molar-refractivity contribution in [2.75, 3.05) is 25.5 Å². The van der Waals surface area contributed by atoms with E-state index in [0.29, 0.717) is 18.5 Å².